The standard InChI is InChI=1S/C25H23FN4/c1-27-22-11-7-19(8-12-22)24-23(18-5-9-21(26)10-6-18)15-28-25(29-24)30-14-13-17-3-2-4-20(17)16-30/h5-12,15,17,20H,2-4,13-14,16H2. The summed E-state index contributed by atoms with van der Waals surface area (Å²) in [6.45, 7) is 9.22. The number of rotatable bonds is 3. The van der Waals surface area contributed by atoms with Crippen LogP contribution in [0.1, 0.15) is 25.7 Å². The second kappa shape index (κ2) is 7.87. The molecule has 0 amide bonds. The molecule has 30 heavy (non-hydrogen) atoms. The number of hydrogen-bond acceptors (Lipinski definition) is 3. The summed E-state index contributed by atoms with van der Waals surface area (Å²) in [6, 6.07) is 13.9. The lowest BCUT2D eigenvalue weighted by Crippen LogP contribution is -2.39. The van der Waals surface area contributed by atoms with Gasteiger partial charge >= 0.3 is 0 Å². The molecular formula is C25H23FN4. The Bertz CT molecular complexity index is 1090. The summed E-state index contributed by atoms with van der Waals surface area (Å²) < 4.78 is 13.5. The zero-order valence-electron chi connectivity index (χ0n) is 16.8. The Labute approximate surface area is 176 Å². The fourth-order valence-corrected chi connectivity index (χ4v) is 4.89. The number of anilines is 1. The molecular weight excluding hydrogens is 375 g/mol. The van der Waals surface area contributed by atoms with Crippen molar-refractivity contribution in [2.45, 2.75) is 25.7 Å². The highest BCUT2D eigenvalue weighted by atomic mass is 19.1. The lowest BCUT2D eigenvalue weighted by Gasteiger charge is -2.35. The lowest BCUT2D eigenvalue weighted by atomic mass is 9.89. The van der Waals surface area contributed by atoms with E-state index in [0.29, 0.717) is 5.69 Å². The van der Waals surface area contributed by atoms with Gasteiger partial charge in [-0.1, -0.05) is 49.2 Å². The highest BCUT2D eigenvalue weighted by molar-refractivity contribution is 5.81. The van der Waals surface area contributed by atoms with E-state index in [9.17, 15) is 4.39 Å². The molecule has 0 radical (unpaired) electrons. The van der Waals surface area contributed by atoms with Crippen LogP contribution in [0.15, 0.2) is 54.7 Å². The molecule has 1 saturated carbocycles. The monoisotopic (exact) mass is 398 g/mol. The maximum atomic E-state index is 13.5. The molecule has 2 atom stereocenters. The molecule has 4 nitrogen and oxygen atoms in total. The molecule has 2 unspecified atom stereocenters. The van der Waals surface area contributed by atoms with E-state index < -0.39 is 0 Å². The van der Waals surface area contributed by atoms with E-state index in [1.54, 1.807) is 12.1 Å². The SMILES string of the molecule is [C-]#[N+]c1ccc(-c2nc(N3CCC4CCCC4C3)ncc2-c2ccc(F)cc2)cc1. The summed E-state index contributed by atoms with van der Waals surface area (Å²) in [5, 5.41) is 0. The Morgan fingerprint density at radius 2 is 1.67 bits per heavy atom. The van der Waals surface area contributed by atoms with Crippen molar-refractivity contribution in [1.82, 2.24) is 9.97 Å². The van der Waals surface area contributed by atoms with Crippen molar-refractivity contribution in [2.24, 2.45) is 11.8 Å². The summed E-state index contributed by atoms with van der Waals surface area (Å²) >= 11 is 0. The van der Waals surface area contributed by atoms with Crippen molar-refractivity contribution >= 4 is 11.6 Å². The van der Waals surface area contributed by atoms with Gasteiger partial charge in [0, 0.05) is 24.8 Å². The predicted molar refractivity (Wildman–Crippen MR) is 117 cm³/mol. The Kier molecular flexibility index (Phi) is 4.92. The van der Waals surface area contributed by atoms with Crippen molar-refractivity contribution in [3.8, 4) is 22.4 Å². The molecule has 3 aromatic rings. The topological polar surface area (TPSA) is 33.4 Å². The van der Waals surface area contributed by atoms with Gasteiger partial charge in [0.1, 0.15) is 5.82 Å². The number of aromatic nitrogens is 2. The summed E-state index contributed by atoms with van der Waals surface area (Å²) in [6.07, 6.45) is 7.07. The summed E-state index contributed by atoms with van der Waals surface area (Å²) in [5.74, 6) is 2.11. The van der Waals surface area contributed by atoms with E-state index in [-0.39, 0.29) is 5.82 Å². The van der Waals surface area contributed by atoms with Crippen LogP contribution in [0.4, 0.5) is 16.0 Å². The number of hydrogen-bond donors (Lipinski definition) is 0. The molecule has 2 aliphatic rings. The lowest BCUT2D eigenvalue weighted by molar-refractivity contribution is 0.321. The highest BCUT2D eigenvalue weighted by Gasteiger charge is 2.33. The van der Waals surface area contributed by atoms with Crippen molar-refractivity contribution in [2.75, 3.05) is 18.0 Å². The normalized spacial score (nSPS) is 20.6. The van der Waals surface area contributed by atoms with E-state index in [1.165, 1.54) is 37.8 Å². The van der Waals surface area contributed by atoms with E-state index >= 15 is 0 Å². The fraction of sp³-hybridized carbons (Fsp3) is 0.320. The number of halogens is 1. The first-order valence-electron chi connectivity index (χ1n) is 10.6. The first-order chi connectivity index (χ1) is 14.7. The molecule has 5 rings (SSSR count). The zero-order valence-corrected chi connectivity index (χ0v) is 16.8. The number of nitrogens with zero attached hydrogens (tertiary/aromatic N) is 4. The largest absolute Gasteiger partial charge is 0.341 e. The molecule has 2 fully saturated rings. The second-order valence-corrected chi connectivity index (χ2v) is 8.28. The van der Waals surface area contributed by atoms with Gasteiger partial charge in [-0.3, -0.25) is 0 Å². The van der Waals surface area contributed by atoms with E-state index in [2.05, 4.69) is 9.74 Å². The minimum atomic E-state index is -0.265. The molecule has 2 heterocycles. The summed E-state index contributed by atoms with van der Waals surface area (Å²) in [7, 11) is 0. The van der Waals surface area contributed by atoms with Gasteiger partial charge in [-0.25, -0.2) is 19.2 Å². The molecule has 0 N–H and O–H groups in total. The quantitative estimate of drug-likeness (QED) is 0.498. The summed E-state index contributed by atoms with van der Waals surface area (Å²) in [4.78, 5) is 15.5. The first kappa shape index (κ1) is 18.7. The van der Waals surface area contributed by atoms with Crippen LogP contribution < -0.4 is 4.90 Å². The molecule has 1 aliphatic heterocycles. The highest BCUT2D eigenvalue weighted by Crippen LogP contribution is 2.39. The Morgan fingerprint density at radius 3 is 2.43 bits per heavy atom. The Morgan fingerprint density at radius 1 is 0.933 bits per heavy atom. The van der Waals surface area contributed by atoms with E-state index in [0.717, 1.165) is 53.3 Å². The molecule has 1 aliphatic carbocycles. The van der Waals surface area contributed by atoms with Crippen LogP contribution in [-0.4, -0.2) is 23.1 Å². The first-order valence-corrected chi connectivity index (χ1v) is 10.6. The number of benzene rings is 2. The van der Waals surface area contributed by atoms with Crippen molar-refractivity contribution < 1.29 is 4.39 Å². The van der Waals surface area contributed by atoms with Gasteiger partial charge in [-0.15, -0.1) is 0 Å². The third-order valence-electron chi connectivity index (χ3n) is 6.53. The molecule has 1 saturated heterocycles. The minimum absolute atomic E-state index is 0.265. The van der Waals surface area contributed by atoms with Crippen LogP contribution in [0.3, 0.4) is 0 Å². The van der Waals surface area contributed by atoms with Crippen molar-refractivity contribution in [3.05, 3.63) is 72.0 Å². The van der Waals surface area contributed by atoms with E-state index in [4.69, 9.17) is 16.5 Å². The average molecular weight is 398 g/mol. The van der Waals surface area contributed by atoms with Gasteiger partial charge in [0.05, 0.1) is 12.3 Å². The van der Waals surface area contributed by atoms with Crippen molar-refractivity contribution in [1.29, 1.82) is 0 Å². The van der Waals surface area contributed by atoms with E-state index in [1.807, 2.05) is 30.5 Å². The van der Waals surface area contributed by atoms with Gasteiger partial charge in [-0.05, 0) is 47.9 Å². The smallest absolute Gasteiger partial charge is 0.225 e. The third-order valence-corrected chi connectivity index (χ3v) is 6.53. The van der Waals surface area contributed by atoms with Crippen LogP contribution in [-0.2, 0) is 0 Å². The summed E-state index contributed by atoms with van der Waals surface area (Å²) in [5.41, 5.74) is 4.09. The molecule has 5 heteroatoms. The maximum Gasteiger partial charge on any atom is 0.225 e. The van der Waals surface area contributed by atoms with Crippen molar-refractivity contribution in [3.63, 3.8) is 0 Å². The van der Waals surface area contributed by atoms with Gasteiger partial charge in [0.25, 0.3) is 0 Å². The van der Waals surface area contributed by atoms with Crippen LogP contribution in [0, 0.1) is 24.2 Å². The number of piperidine rings is 1. The van der Waals surface area contributed by atoms with Crippen LogP contribution >= 0.6 is 0 Å². The van der Waals surface area contributed by atoms with Gasteiger partial charge < -0.3 is 4.90 Å². The van der Waals surface area contributed by atoms with Crippen LogP contribution in [0.25, 0.3) is 27.2 Å². The third kappa shape index (κ3) is 3.54. The fourth-order valence-electron chi connectivity index (χ4n) is 4.89. The van der Waals surface area contributed by atoms with Gasteiger partial charge in [-0.2, -0.15) is 0 Å². The average Bonchev–Trinajstić information content (AvgIpc) is 3.27. The molecule has 2 aromatic carbocycles. The Balaban J connectivity index is 1.55. The minimum Gasteiger partial charge on any atom is -0.341 e. The Hall–Kier alpha value is -3.26. The van der Waals surface area contributed by atoms with Gasteiger partial charge in [0.2, 0.25) is 5.95 Å². The molecule has 0 spiro atoms. The van der Waals surface area contributed by atoms with Crippen LogP contribution in [0.2, 0.25) is 0 Å². The molecule has 150 valence electrons. The van der Waals surface area contributed by atoms with Crippen LogP contribution in [0.5, 0.6) is 0 Å². The second-order valence-electron chi connectivity index (χ2n) is 8.28. The van der Waals surface area contributed by atoms with Gasteiger partial charge in [0.15, 0.2) is 5.69 Å². The number of fused-ring (bicyclic) bond motifs is 1. The molecule has 1 aromatic heterocycles. The predicted octanol–water partition coefficient (Wildman–Crippen LogP) is 6.13. The maximum absolute atomic E-state index is 13.5. The zero-order chi connectivity index (χ0) is 20.5. The molecule has 0 bridgehead atoms.